The fourth-order valence-electron chi connectivity index (χ4n) is 1.50. The number of hydrogen-bond acceptors (Lipinski definition) is 4. The van der Waals surface area contributed by atoms with Crippen LogP contribution < -0.4 is 0 Å². The maximum Gasteiger partial charge on any atom is 0.320 e. The number of ether oxygens (including phenoxy) is 1. The Morgan fingerprint density at radius 1 is 1.85 bits per heavy atom. The van der Waals surface area contributed by atoms with Gasteiger partial charge in [-0.1, -0.05) is 0 Å². The van der Waals surface area contributed by atoms with Crippen LogP contribution in [0, 0.1) is 11.3 Å². The third-order valence-electron chi connectivity index (χ3n) is 2.32. The van der Waals surface area contributed by atoms with Crippen molar-refractivity contribution in [1.82, 2.24) is 4.90 Å². The van der Waals surface area contributed by atoms with Gasteiger partial charge >= 0.3 is 5.97 Å². The molecule has 13 heavy (non-hydrogen) atoms. The quantitative estimate of drug-likeness (QED) is 0.585. The Morgan fingerprint density at radius 2 is 2.54 bits per heavy atom. The molecule has 0 aromatic heterocycles. The molecule has 72 valence electrons. The highest BCUT2D eigenvalue weighted by molar-refractivity contribution is 5.72. The number of nitrogens with zero attached hydrogens (tertiary/aromatic N) is 2. The van der Waals surface area contributed by atoms with Crippen molar-refractivity contribution >= 4 is 5.97 Å². The van der Waals surface area contributed by atoms with Crippen molar-refractivity contribution in [3.63, 3.8) is 0 Å². The van der Waals surface area contributed by atoms with Crippen molar-refractivity contribution in [3.8, 4) is 6.07 Å². The Kier molecular flexibility index (Phi) is 3.26. The molecule has 1 aliphatic heterocycles. The summed E-state index contributed by atoms with van der Waals surface area (Å²) in [6.45, 7) is 4.71. The van der Waals surface area contributed by atoms with Gasteiger partial charge in [-0.3, -0.25) is 9.69 Å². The number of rotatable bonds is 2. The number of nitriles is 1. The van der Waals surface area contributed by atoms with Gasteiger partial charge < -0.3 is 4.74 Å². The molecule has 0 N–H and O–H groups in total. The molecule has 1 fully saturated rings. The third-order valence-corrected chi connectivity index (χ3v) is 2.32. The minimum atomic E-state index is -0.192. The zero-order chi connectivity index (χ0) is 9.84. The lowest BCUT2D eigenvalue weighted by Gasteiger charge is -2.35. The first kappa shape index (κ1) is 10.0. The summed E-state index contributed by atoms with van der Waals surface area (Å²) in [5, 5.41) is 8.53. The standard InChI is InChI=1S/C9H14N2O2/c1-7(3-4-10)11-5-9(12)13-6-8(11)2/h7-8H,3,5-6H2,1-2H3. The van der Waals surface area contributed by atoms with E-state index < -0.39 is 0 Å². The van der Waals surface area contributed by atoms with E-state index >= 15 is 0 Å². The molecule has 4 heteroatoms. The molecular weight excluding hydrogens is 168 g/mol. The average Bonchev–Trinajstić information content (AvgIpc) is 2.09. The van der Waals surface area contributed by atoms with Crippen molar-refractivity contribution in [2.75, 3.05) is 13.2 Å². The van der Waals surface area contributed by atoms with E-state index in [4.69, 9.17) is 10.00 Å². The predicted octanol–water partition coefficient (Wildman–Crippen LogP) is 0.536. The number of carbonyl (C=O) groups is 1. The number of cyclic esters (lactones) is 1. The van der Waals surface area contributed by atoms with Crippen LogP contribution >= 0.6 is 0 Å². The first-order valence-electron chi connectivity index (χ1n) is 4.43. The SMILES string of the molecule is CC(CC#N)N1CC(=O)OCC1C. The van der Waals surface area contributed by atoms with Gasteiger partial charge in [-0.25, -0.2) is 0 Å². The smallest absolute Gasteiger partial charge is 0.320 e. The van der Waals surface area contributed by atoms with E-state index in [1.54, 1.807) is 0 Å². The minimum Gasteiger partial charge on any atom is -0.463 e. The van der Waals surface area contributed by atoms with E-state index in [0.29, 0.717) is 19.6 Å². The molecular formula is C9H14N2O2. The molecule has 1 heterocycles. The molecule has 0 radical (unpaired) electrons. The Hall–Kier alpha value is -1.08. The maximum absolute atomic E-state index is 11.0. The van der Waals surface area contributed by atoms with Crippen molar-refractivity contribution in [2.45, 2.75) is 32.4 Å². The lowest BCUT2D eigenvalue weighted by Crippen LogP contribution is -2.50. The van der Waals surface area contributed by atoms with Crippen LogP contribution in [0.15, 0.2) is 0 Å². The molecule has 4 nitrogen and oxygen atoms in total. The second-order valence-electron chi connectivity index (χ2n) is 3.42. The van der Waals surface area contributed by atoms with E-state index in [9.17, 15) is 4.79 Å². The molecule has 1 aliphatic rings. The van der Waals surface area contributed by atoms with Gasteiger partial charge in [0.2, 0.25) is 0 Å². The fraction of sp³-hybridized carbons (Fsp3) is 0.778. The Bertz CT molecular complexity index is 234. The topological polar surface area (TPSA) is 53.3 Å². The zero-order valence-corrected chi connectivity index (χ0v) is 7.99. The summed E-state index contributed by atoms with van der Waals surface area (Å²) in [4.78, 5) is 13.0. The van der Waals surface area contributed by atoms with Gasteiger partial charge in [-0.2, -0.15) is 5.26 Å². The monoisotopic (exact) mass is 182 g/mol. The van der Waals surface area contributed by atoms with Crippen molar-refractivity contribution in [1.29, 1.82) is 5.26 Å². The second-order valence-corrected chi connectivity index (χ2v) is 3.42. The van der Waals surface area contributed by atoms with E-state index in [1.807, 2.05) is 18.7 Å². The average molecular weight is 182 g/mol. The molecule has 2 atom stereocenters. The zero-order valence-electron chi connectivity index (χ0n) is 7.99. The molecule has 0 bridgehead atoms. The largest absolute Gasteiger partial charge is 0.463 e. The van der Waals surface area contributed by atoms with Gasteiger partial charge in [0, 0.05) is 12.1 Å². The lowest BCUT2D eigenvalue weighted by molar-refractivity contribution is -0.155. The second kappa shape index (κ2) is 4.24. The molecule has 0 aromatic rings. The summed E-state index contributed by atoms with van der Waals surface area (Å²) >= 11 is 0. The summed E-state index contributed by atoms with van der Waals surface area (Å²) in [7, 11) is 0. The number of esters is 1. The van der Waals surface area contributed by atoms with Crippen molar-refractivity contribution in [2.24, 2.45) is 0 Å². The first-order valence-corrected chi connectivity index (χ1v) is 4.43. The van der Waals surface area contributed by atoms with Crippen LogP contribution in [-0.4, -0.2) is 36.1 Å². The summed E-state index contributed by atoms with van der Waals surface area (Å²) in [5.74, 6) is -0.192. The summed E-state index contributed by atoms with van der Waals surface area (Å²) < 4.78 is 4.89. The minimum absolute atomic E-state index is 0.132. The van der Waals surface area contributed by atoms with E-state index in [1.165, 1.54) is 0 Å². The van der Waals surface area contributed by atoms with Crippen LogP contribution in [0.25, 0.3) is 0 Å². The Labute approximate surface area is 78.1 Å². The van der Waals surface area contributed by atoms with Gasteiger partial charge in [-0.15, -0.1) is 0 Å². The fourth-order valence-corrected chi connectivity index (χ4v) is 1.50. The van der Waals surface area contributed by atoms with Crippen molar-refractivity contribution in [3.05, 3.63) is 0 Å². The molecule has 2 unspecified atom stereocenters. The van der Waals surface area contributed by atoms with E-state index in [-0.39, 0.29) is 18.1 Å². The van der Waals surface area contributed by atoms with Crippen LogP contribution in [0.1, 0.15) is 20.3 Å². The summed E-state index contributed by atoms with van der Waals surface area (Å²) in [6, 6.07) is 2.46. The predicted molar refractivity (Wildman–Crippen MR) is 46.8 cm³/mol. The van der Waals surface area contributed by atoms with Crippen LogP contribution in [-0.2, 0) is 9.53 Å². The van der Waals surface area contributed by atoms with E-state index in [2.05, 4.69) is 6.07 Å². The van der Waals surface area contributed by atoms with Gasteiger partial charge in [-0.05, 0) is 13.8 Å². The normalized spacial score (nSPS) is 26.2. The third kappa shape index (κ3) is 2.43. The highest BCUT2D eigenvalue weighted by atomic mass is 16.5. The number of morpholine rings is 1. The number of hydrogen-bond donors (Lipinski definition) is 0. The maximum atomic E-state index is 11.0. The molecule has 0 aromatic carbocycles. The molecule has 1 rings (SSSR count). The number of carbonyl (C=O) groups excluding carboxylic acids is 1. The lowest BCUT2D eigenvalue weighted by atomic mass is 10.1. The molecule has 0 saturated carbocycles. The highest BCUT2D eigenvalue weighted by Crippen LogP contribution is 2.13. The Balaban J connectivity index is 2.55. The van der Waals surface area contributed by atoms with Gasteiger partial charge in [0.1, 0.15) is 6.61 Å². The molecule has 0 aliphatic carbocycles. The summed E-state index contributed by atoms with van der Waals surface area (Å²) in [5.41, 5.74) is 0. The molecule has 0 spiro atoms. The Morgan fingerprint density at radius 3 is 3.15 bits per heavy atom. The van der Waals surface area contributed by atoms with Gasteiger partial charge in [0.25, 0.3) is 0 Å². The highest BCUT2D eigenvalue weighted by Gasteiger charge is 2.28. The van der Waals surface area contributed by atoms with E-state index in [0.717, 1.165) is 0 Å². The van der Waals surface area contributed by atoms with Gasteiger partial charge in [0.15, 0.2) is 0 Å². The first-order chi connectivity index (χ1) is 6.15. The van der Waals surface area contributed by atoms with Crippen LogP contribution in [0.5, 0.6) is 0 Å². The van der Waals surface area contributed by atoms with Crippen LogP contribution in [0.4, 0.5) is 0 Å². The van der Waals surface area contributed by atoms with Crippen LogP contribution in [0.2, 0.25) is 0 Å². The molecule has 1 saturated heterocycles. The van der Waals surface area contributed by atoms with Gasteiger partial charge in [0.05, 0.1) is 19.0 Å². The summed E-state index contributed by atoms with van der Waals surface area (Å²) in [6.07, 6.45) is 0.456. The molecule has 0 amide bonds. The van der Waals surface area contributed by atoms with Crippen molar-refractivity contribution < 1.29 is 9.53 Å². The van der Waals surface area contributed by atoms with Crippen LogP contribution in [0.3, 0.4) is 0 Å².